The minimum Gasteiger partial charge on any atom is -0.438 e. The third-order valence-electron chi connectivity index (χ3n) is 4.13. The fraction of sp³-hybridized carbons (Fsp3) is 0.278. The first-order chi connectivity index (χ1) is 12.5. The molecule has 8 heteroatoms. The van der Waals surface area contributed by atoms with Crippen molar-refractivity contribution in [2.45, 2.75) is 18.8 Å². The van der Waals surface area contributed by atoms with E-state index in [-0.39, 0.29) is 23.7 Å². The van der Waals surface area contributed by atoms with Crippen LogP contribution in [-0.4, -0.2) is 36.6 Å². The Morgan fingerprint density at radius 3 is 2.62 bits per heavy atom. The molecule has 0 spiro atoms. The molecule has 2 aromatic rings. The van der Waals surface area contributed by atoms with E-state index >= 15 is 0 Å². The normalized spacial score (nSPS) is 17.8. The number of hydrogen-bond acceptors (Lipinski definition) is 6. The van der Waals surface area contributed by atoms with Gasteiger partial charge in [0.15, 0.2) is 9.84 Å². The number of nitrogens with one attached hydrogen (secondary N) is 1. The summed E-state index contributed by atoms with van der Waals surface area (Å²) in [6.45, 7) is 0.174. The number of para-hydroxylation sites is 1. The molecule has 1 aliphatic carbocycles. The molecule has 0 atom stereocenters. The minimum atomic E-state index is -3.06. The Hall–Kier alpha value is -2.74. The maximum absolute atomic E-state index is 12.5. The average Bonchev–Trinajstić information content (AvgIpc) is 3.44. The molecule has 1 aromatic carbocycles. The summed E-state index contributed by atoms with van der Waals surface area (Å²) in [7, 11) is -3.06. The molecule has 0 bridgehead atoms. The van der Waals surface area contributed by atoms with Gasteiger partial charge in [-0.3, -0.25) is 4.79 Å². The molecule has 2 heterocycles. The van der Waals surface area contributed by atoms with Gasteiger partial charge in [-0.2, -0.15) is 4.98 Å². The van der Waals surface area contributed by atoms with Gasteiger partial charge >= 0.3 is 0 Å². The number of carbonyl (C=O) groups is 1. The van der Waals surface area contributed by atoms with Crippen molar-refractivity contribution in [3.8, 4) is 11.6 Å². The van der Waals surface area contributed by atoms with Crippen LogP contribution in [0, 0.1) is 0 Å². The van der Waals surface area contributed by atoms with Gasteiger partial charge < -0.3 is 10.1 Å². The van der Waals surface area contributed by atoms with Crippen molar-refractivity contribution >= 4 is 15.7 Å². The highest BCUT2D eigenvalue weighted by atomic mass is 32.2. The van der Waals surface area contributed by atoms with Crippen LogP contribution in [0.25, 0.3) is 0 Å². The molecule has 26 heavy (non-hydrogen) atoms. The van der Waals surface area contributed by atoms with Crippen LogP contribution in [0.5, 0.6) is 11.6 Å². The molecule has 1 aliphatic heterocycles. The number of ether oxygens (including phenoxy) is 1. The molecule has 1 amide bonds. The highest BCUT2D eigenvalue weighted by Gasteiger charge is 2.29. The number of rotatable bonds is 6. The molecule has 0 saturated heterocycles. The van der Waals surface area contributed by atoms with Gasteiger partial charge in [-0.25, -0.2) is 13.4 Å². The Kier molecular flexibility index (Phi) is 4.20. The van der Waals surface area contributed by atoms with Gasteiger partial charge in [0.1, 0.15) is 17.1 Å². The van der Waals surface area contributed by atoms with Gasteiger partial charge in [-0.15, -0.1) is 0 Å². The highest BCUT2D eigenvalue weighted by Crippen LogP contribution is 2.39. The van der Waals surface area contributed by atoms with E-state index in [0.29, 0.717) is 23.1 Å². The van der Waals surface area contributed by atoms with Crippen LogP contribution >= 0.6 is 0 Å². The predicted molar refractivity (Wildman–Crippen MR) is 94.7 cm³/mol. The zero-order valence-electron chi connectivity index (χ0n) is 13.9. The summed E-state index contributed by atoms with van der Waals surface area (Å²) in [4.78, 5) is 21.2. The number of aromatic nitrogens is 2. The largest absolute Gasteiger partial charge is 0.438 e. The fourth-order valence-corrected chi connectivity index (χ4v) is 3.78. The van der Waals surface area contributed by atoms with Crippen LogP contribution < -0.4 is 10.1 Å². The SMILES string of the molecule is O=C(NCC1=CS(=O)(=O)C1)c1cnc(C2CC2)nc1Oc1ccccc1. The van der Waals surface area contributed by atoms with Crippen molar-refractivity contribution in [3.05, 3.63) is 58.9 Å². The number of benzene rings is 1. The zero-order valence-corrected chi connectivity index (χ0v) is 14.7. The van der Waals surface area contributed by atoms with E-state index in [0.717, 1.165) is 12.8 Å². The fourth-order valence-electron chi connectivity index (χ4n) is 2.62. The number of hydrogen-bond donors (Lipinski definition) is 1. The minimum absolute atomic E-state index is 0.0161. The topological polar surface area (TPSA) is 98.2 Å². The molecule has 2 aliphatic rings. The maximum atomic E-state index is 12.5. The first-order valence-corrected chi connectivity index (χ1v) is 10.0. The summed E-state index contributed by atoms with van der Waals surface area (Å²) in [5.74, 6) is 1.38. The van der Waals surface area contributed by atoms with Gasteiger partial charge in [0.25, 0.3) is 5.91 Å². The molecule has 4 rings (SSSR count). The molecule has 1 fully saturated rings. The Labute approximate surface area is 151 Å². The van der Waals surface area contributed by atoms with Gasteiger partial charge in [-0.1, -0.05) is 18.2 Å². The highest BCUT2D eigenvalue weighted by molar-refractivity contribution is 7.95. The van der Waals surface area contributed by atoms with Crippen molar-refractivity contribution in [1.29, 1.82) is 0 Å². The lowest BCUT2D eigenvalue weighted by molar-refractivity contribution is 0.0953. The summed E-state index contributed by atoms with van der Waals surface area (Å²) < 4.78 is 28.1. The Bertz CT molecular complexity index is 983. The van der Waals surface area contributed by atoms with Crippen LogP contribution in [-0.2, 0) is 9.84 Å². The van der Waals surface area contributed by atoms with Gasteiger partial charge in [0.2, 0.25) is 5.88 Å². The summed E-state index contributed by atoms with van der Waals surface area (Å²) in [5.41, 5.74) is 0.889. The van der Waals surface area contributed by atoms with Crippen LogP contribution in [0.1, 0.15) is 34.9 Å². The van der Waals surface area contributed by atoms with E-state index in [1.54, 1.807) is 12.1 Å². The molecule has 1 saturated carbocycles. The molecule has 1 aromatic heterocycles. The van der Waals surface area contributed by atoms with Crippen molar-refractivity contribution < 1.29 is 17.9 Å². The zero-order chi connectivity index (χ0) is 18.1. The first-order valence-electron chi connectivity index (χ1n) is 8.30. The first kappa shape index (κ1) is 16.7. The van der Waals surface area contributed by atoms with E-state index in [4.69, 9.17) is 4.74 Å². The third-order valence-corrected chi connectivity index (χ3v) is 5.59. The lowest BCUT2D eigenvalue weighted by atomic mass is 10.2. The van der Waals surface area contributed by atoms with Crippen molar-refractivity contribution in [2.75, 3.05) is 12.3 Å². The second-order valence-electron chi connectivity index (χ2n) is 6.40. The number of nitrogens with zero attached hydrogens (tertiary/aromatic N) is 2. The Balaban J connectivity index is 1.54. The monoisotopic (exact) mass is 371 g/mol. The average molecular weight is 371 g/mol. The number of sulfone groups is 1. The summed E-state index contributed by atoms with van der Waals surface area (Å²) in [6.07, 6.45) is 3.55. The van der Waals surface area contributed by atoms with Crippen molar-refractivity contribution in [2.24, 2.45) is 0 Å². The standard InChI is InChI=1S/C18H17N3O4S/c22-17(20-8-12-10-26(23,24)11-12)15-9-19-16(13-6-7-13)21-18(15)25-14-4-2-1-3-5-14/h1-5,9-10,13H,6-8,11H2,(H,20,22). The molecule has 0 unspecified atom stereocenters. The third kappa shape index (κ3) is 3.75. The van der Waals surface area contributed by atoms with Gasteiger partial charge in [-0.05, 0) is 30.5 Å². The van der Waals surface area contributed by atoms with Gasteiger partial charge in [0, 0.05) is 24.1 Å². The van der Waals surface area contributed by atoms with E-state index in [9.17, 15) is 13.2 Å². The smallest absolute Gasteiger partial charge is 0.258 e. The quantitative estimate of drug-likeness (QED) is 0.836. The van der Waals surface area contributed by atoms with E-state index in [2.05, 4.69) is 15.3 Å². The second-order valence-corrected chi connectivity index (χ2v) is 8.25. The summed E-state index contributed by atoms with van der Waals surface area (Å²) in [6, 6.07) is 9.11. The van der Waals surface area contributed by atoms with Crippen molar-refractivity contribution in [3.63, 3.8) is 0 Å². The van der Waals surface area contributed by atoms with Crippen LogP contribution in [0.3, 0.4) is 0 Å². The van der Waals surface area contributed by atoms with Gasteiger partial charge in [0.05, 0.1) is 5.75 Å². The van der Waals surface area contributed by atoms with Crippen LogP contribution in [0.4, 0.5) is 0 Å². The molecule has 134 valence electrons. The number of amides is 1. The van der Waals surface area contributed by atoms with Crippen LogP contribution in [0.15, 0.2) is 47.5 Å². The summed E-state index contributed by atoms with van der Waals surface area (Å²) in [5, 5.41) is 3.88. The predicted octanol–water partition coefficient (Wildman–Crippen LogP) is 2.19. The summed E-state index contributed by atoms with van der Waals surface area (Å²) >= 11 is 0. The lowest BCUT2D eigenvalue weighted by Gasteiger charge is -2.16. The van der Waals surface area contributed by atoms with Crippen molar-refractivity contribution in [1.82, 2.24) is 15.3 Å². The lowest BCUT2D eigenvalue weighted by Crippen LogP contribution is -2.31. The Morgan fingerprint density at radius 1 is 1.23 bits per heavy atom. The Morgan fingerprint density at radius 2 is 1.96 bits per heavy atom. The molecule has 0 radical (unpaired) electrons. The van der Waals surface area contributed by atoms with E-state index in [1.165, 1.54) is 11.6 Å². The molecule has 7 nitrogen and oxygen atoms in total. The van der Waals surface area contributed by atoms with E-state index < -0.39 is 15.7 Å². The maximum Gasteiger partial charge on any atom is 0.258 e. The second kappa shape index (κ2) is 6.53. The van der Waals surface area contributed by atoms with Crippen LogP contribution in [0.2, 0.25) is 0 Å². The molecular formula is C18H17N3O4S. The van der Waals surface area contributed by atoms with E-state index in [1.807, 2.05) is 18.2 Å². The molecule has 1 N–H and O–H groups in total. The molecular weight excluding hydrogens is 354 g/mol. The number of carbonyl (C=O) groups excluding carboxylic acids is 1.